The molecule has 0 amide bonds. The van der Waals surface area contributed by atoms with E-state index in [0.29, 0.717) is 18.1 Å². The fourth-order valence-electron chi connectivity index (χ4n) is 3.20. The maximum atomic E-state index is 13.5. The van der Waals surface area contributed by atoms with Crippen LogP contribution in [0.15, 0.2) is 23.2 Å². The van der Waals surface area contributed by atoms with E-state index in [4.69, 9.17) is 5.73 Å². The van der Waals surface area contributed by atoms with Crippen LogP contribution in [0, 0.1) is 11.3 Å². The summed E-state index contributed by atoms with van der Waals surface area (Å²) in [5.41, 5.74) is 5.29. The van der Waals surface area contributed by atoms with E-state index in [0.717, 1.165) is 25.2 Å². The highest BCUT2D eigenvalue weighted by Crippen LogP contribution is 2.32. The van der Waals surface area contributed by atoms with Crippen LogP contribution >= 0.6 is 11.8 Å². The minimum atomic E-state index is -4.57. The smallest absolute Gasteiger partial charge is 0.416 e. The van der Waals surface area contributed by atoms with E-state index in [-0.39, 0.29) is 34.6 Å². The van der Waals surface area contributed by atoms with Gasteiger partial charge in [-0.1, -0.05) is 13.8 Å². The molecule has 0 saturated carbocycles. The third kappa shape index (κ3) is 7.90. The second kappa shape index (κ2) is 12.5. The van der Waals surface area contributed by atoms with Crippen LogP contribution in [0.2, 0.25) is 0 Å². The van der Waals surface area contributed by atoms with Crippen LogP contribution in [0.4, 0.5) is 36.3 Å². The predicted molar refractivity (Wildman–Crippen MR) is 132 cm³/mol. The number of nitrogens with zero attached hydrogens (tertiary/aromatic N) is 4. The lowest BCUT2D eigenvalue weighted by Gasteiger charge is -2.18. The van der Waals surface area contributed by atoms with Crippen molar-refractivity contribution in [3.8, 4) is 6.07 Å². The Morgan fingerprint density at radius 3 is 2.54 bits per heavy atom. The molecule has 1 aromatic carbocycles. The van der Waals surface area contributed by atoms with Crippen molar-refractivity contribution in [3.05, 3.63) is 29.3 Å². The largest absolute Gasteiger partial charge is 0.462 e. The van der Waals surface area contributed by atoms with Gasteiger partial charge in [-0.15, -0.1) is 11.8 Å². The van der Waals surface area contributed by atoms with Crippen molar-refractivity contribution in [1.29, 1.82) is 5.26 Å². The Labute approximate surface area is 206 Å². The first-order valence-electron chi connectivity index (χ1n) is 10.9. The van der Waals surface area contributed by atoms with Gasteiger partial charge in [-0.2, -0.15) is 28.4 Å². The zero-order chi connectivity index (χ0) is 26.2. The molecule has 0 unspecified atom stereocenters. The number of alkyl halides is 3. The van der Waals surface area contributed by atoms with Crippen molar-refractivity contribution < 1.29 is 23.3 Å². The highest BCUT2D eigenvalue weighted by Gasteiger charge is 2.32. The van der Waals surface area contributed by atoms with Gasteiger partial charge >= 0.3 is 12.1 Å². The third-order valence-corrected chi connectivity index (χ3v) is 5.83. The number of nitrogen functional groups attached to an aromatic ring is 1. The van der Waals surface area contributed by atoms with E-state index in [9.17, 15) is 23.5 Å². The van der Waals surface area contributed by atoms with Gasteiger partial charge in [-0.05, 0) is 32.3 Å². The number of nitrogens with one attached hydrogen (secondary N) is 3. The monoisotopic (exact) mass is 511 g/mol. The lowest BCUT2D eigenvalue weighted by atomic mass is 10.1. The van der Waals surface area contributed by atoms with Crippen LogP contribution in [0.5, 0.6) is 0 Å². The summed E-state index contributed by atoms with van der Waals surface area (Å²) in [6, 6.07) is 4.58. The Morgan fingerprint density at radius 2 is 1.97 bits per heavy atom. The summed E-state index contributed by atoms with van der Waals surface area (Å²) < 4.78 is 40.4. The zero-order valence-electron chi connectivity index (χ0n) is 20.0. The lowest BCUT2D eigenvalue weighted by molar-refractivity contribution is -0.367. The molecule has 0 radical (unpaired) electrons. The summed E-state index contributed by atoms with van der Waals surface area (Å²) in [6.07, 6.45) is -2.84. The highest BCUT2D eigenvalue weighted by molar-refractivity contribution is 7.98. The van der Waals surface area contributed by atoms with Crippen LogP contribution in [0.3, 0.4) is 0 Å². The lowest BCUT2D eigenvalue weighted by Crippen LogP contribution is -2.70. The molecule has 0 aliphatic carbocycles. The van der Waals surface area contributed by atoms with Crippen molar-refractivity contribution in [2.45, 2.75) is 38.0 Å². The van der Waals surface area contributed by atoms with Gasteiger partial charge in [0.1, 0.15) is 22.7 Å². The van der Waals surface area contributed by atoms with E-state index in [1.807, 2.05) is 19.9 Å². The summed E-state index contributed by atoms with van der Waals surface area (Å²) in [4.78, 5) is 12.8. The molecule has 0 aliphatic heterocycles. The van der Waals surface area contributed by atoms with Crippen LogP contribution in [0.25, 0.3) is 0 Å². The van der Waals surface area contributed by atoms with Gasteiger partial charge in [0.2, 0.25) is 11.6 Å². The number of aromatic nitrogens is 2. The van der Waals surface area contributed by atoms with Crippen molar-refractivity contribution in [3.63, 3.8) is 0 Å². The van der Waals surface area contributed by atoms with E-state index in [1.165, 1.54) is 17.8 Å². The van der Waals surface area contributed by atoms with Gasteiger partial charge in [-0.25, -0.2) is 4.98 Å². The molecule has 1 heterocycles. The Morgan fingerprint density at radius 1 is 1.29 bits per heavy atom. The number of anilines is 3. The van der Waals surface area contributed by atoms with Crippen molar-refractivity contribution in [1.82, 2.24) is 14.9 Å². The normalized spacial score (nSPS) is 12.9. The Hall–Kier alpha value is -3.24. The molecule has 0 bridgehead atoms. The topological polar surface area (TPSA) is 137 Å². The first-order chi connectivity index (χ1) is 16.5. The molecule has 190 valence electrons. The Balaban J connectivity index is 2.30. The van der Waals surface area contributed by atoms with E-state index >= 15 is 0 Å². The minimum absolute atomic E-state index is 0.0452. The molecule has 2 rings (SSSR count). The molecule has 2 aromatic rings. The Bertz CT molecular complexity index is 1080. The van der Waals surface area contributed by atoms with Crippen LogP contribution < -0.4 is 21.4 Å². The number of nitriles is 1. The number of nitrogens with two attached hydrogens (primary N) is 1. The Kier molecular flexibility index (Phi) is 9.97. The SMILES string of the molecule is CCN(CC)CCNc1cc([NH+]=C(O)[C@H](C)Nc2nc(N)nc(SC)c2C#N)cc(C(F)(F)F)c1. The quantitative estimate of drug-likeness (QED) is 0.133. The number of rotatable bonds is 11. The molecule has 9 nitrogen and oxygen atoms in total. The molecule has 0 spiro atoms. The maximum absolute atomic E-state index is 13.5. The van der Waals surface area contributed by atoms with E-state index in [2.05, 4.69) is 30.5 Å². The molecule has 1 atom stereocenters. The third-order valence-electron chi connectivity index (χ3n) is 5.15. The standard InChI is InChI=1S/C22H29F3N8OS/c1-5-33(6-2)8-7-28-15-9-14(22(23,24)25)10-16(11-15)30-19(34)13(3)29-18-17(12-26)20(35-4)32-21(27)31-18/h9-11,13,28H,5-8H2,1-4H3,(H,30,34)(H3,27,29,31,32)/p+1/t13-/m0/s1. The first kappa shape index (κ1) is 28.0. The molecule has 0 fully saturated rings. The number of aliphatic hydroxyl groups is 1. The zero-order valence-corrected chi connectivity index (χ0v) is 20.8. The average molecular weight is 512 g/mol. The summed E-state index contributed by atoms with van der Waals surface area (Å²) in [5.74, 6) is -0.327. The van der Waals surface area contributed by atoms with Gasteiger partial charge in [0.25, 0.3) is 0 Å². The van der Waals surface area contributed by atoms with Gasteiger partial charge in [0, 0.05) is 30.9 Å². The van der Waals surface area contributed by atoms with Crippen molar-refractivity contribution in [2.24, 2.45) is 0 Å². The molecular formula is C22H30F3N8OS+. The maximum Gasteiger partial charge on any atom is 0.416 e. The van der Waals surface area contributed by atoms with Crippen molar-refractivity contribution >= 4 is 40.8 Å². The van der Waals surface area contributed by atoms with Crippen LogP contribution in [-0.4, -0.2) is 64.3 Å². The van der Waals surface area contributed by atoms with Gasteiger partial charge in [-0.3, -0.25) is 0 Å². The number of hydrogen-bond donors (Lipinski definition) is 5. The number of hydrogen-bond acceptors (Lipinski definition) is 8. The van der Waals surface area contributed by atoms with Gasteiger partial charge in [0.05, 0.1) is 5.56 Å². The number of halogens is 3. The summed E-state index contributed by atoms with van der Waals surface area (Å²) >= 11 is 1.21. The fraction of sp³-hybridized carbons (Fsp3) is 0.455. The summed E-state index contributed by atoms with van der Waals surface area (Å²) in [5, 5.41) is 26.3. The van der Waals surface area contributed by atoms with E-state index in [1.54, 1.807) is 13.2 Å². The molecule has 1 aromatic heterocycles. The predicted octanol–water partition coefficient (Wildman–Crippen LogP) is 2.59. The minimum Gasteiger partial charge on any atom is -0.462 e. The summed E-state index contributed by atoms with van der Waals surface area (Å²) in [6.45, 7) is 8.39. The number of aliphatic hydroxyl groups excluding tert-OH is 1. The average Bonchev–Trinajstić information content (AvgIpc) is 2.80. The van der Waals surface area contributed by atoms with E-state index < -0.39 is 17.8 Å². The second-order valence-electron chi connectivity index (χ2n) is 7.55. The molecular weight excluding hydrogens is 481 g/mol. The summed E-state index contributed by atoms with van der Waals surface area (Å²) in [7, 11) is 0. The molecule has 35 heavy (non-hydrogen) atoms. The van der Waals surface area contributed by atoms with Crippen LogP contribution in [-0.2, 0) is 6.18 Å². The number of benzene rings is 1. The number of likely N-dealkylation sites (N-methyl/N-ethyl adjacent to an activating group) is 1. The van der Waals surface area contributed by atoms with Gasteiger partial charge < -0.3 is 26.4 Å². The molecule has 6 N–H and O–H groups in total. The fourth-order valence-corrected chi connectivity index (χ4v) is 3.73. The first-order valence-corrected chi connectivity index (χ1v) is 12.1. The molecule has 0 saturated heterocycles. The van der Waals surface area contributed by atoms with Gasteiger partial charge in [0.15, 0.2) is 5.82 Å². The highest BCUT2D eigenvalue weighted by atomic mass is 32.2. The van der Waals surface area contributed by atoms with Crippen LogP contribution in [0.1, 0.15) is 31.9 Å². The molecule has 0 aliphatic rings. The van der Waals surface area contributed by atoms with Crippen molar-refractivity contribution in [2.75, 3.05) is 48.8 Å². The number of thioether (sulfide) groups is 1. The molecule has 13 heteroatoms. The second-order valence-corrected chi connectivity index (χ2v) is 8.35.